The van der Waals surface area contributed by atoms with Crippen LogP contribution in [-0.4, -0.2) is 29.3 Å². The number of hydrogen-bond donors (Lipinski definition) is 1. The Labute approximate surface area is 155 Å². The lowest BCUT2D eigenvalue weighted by Crippen LogP contribution is -2.48. The van der Waals surface area contributed by atoms with Gasteiger partial charge < -0.3 is 10.2 Å². The summed E-state index contributed by atoms with van der Waals surface area (Å²) in [7, 11) is 0. The van der Waals surface area contributed by atoms with E-state index in [4.69, 9.17) is 0 Å². The molecule has 1 N–H and O–H groups in total. The van der Waals surface area contributed by atoms with Gasteiger partial charge in [0.2, 0.25) is 11.8 Å². The number of rotatable bonds is 6. The molecule has 1 aromatic carbocycles. The Bertz CT molecular complexity index is 611. The minimum atomic E-state index is -0.418. The summed E-state index contributed by atoms with van der Waals surface area (Å²) >= 11 is 0. The van der Waals surface area contributed by atoms with Crippen LogP contribution in [-0.2, 0) is 16.1 Å². The molecule has 1 heterocycles. The molecule has 1 atom stereocenters. The predicted octanol–water partition coefficient (Wildman–Crippen LogP) is 3.79. The number of halogens is 1. The maximum Gasteiger partial charge on any atom is 0.242 e. The van der Waals surface area contributed by atoms with Gasteiger partial charge in [-0.15, -0.1) is 0 Å². The minimum absolute atomic E-state index is 0.0447. The smallest absolute Gasteiger partial charge is 0.242 e. The van der Waals surface area contributed by atoms with E-state index in [1.165, 1.54) is 37.8 Å². The van der Waals surface area contributed by atoms with Crippen molar-refractivity contribution in [2.24, 2.45) is 5.92 Å². The Morgan fingerprint density at radius 1 is 1.08 bits per heavy atom. The van der Waals surface area contributed by atoms with Crippen LogP contribution in [0.1, 0.15) is 63.4 Å². The zero-order valence-electron chi connectivity index (χ0n) is 15.4. The van der Waals surface area contributed by atoms with Gasteiger partial charge in [0.05, 0.1) is 0 Å². The van der Waals surface area contributed by atoms with E-state index < -0.39 is 6.04 Å². The first-order valence-corrected chi connectivity index (χ1v) is 9.95. The second kappa shape index (κ2) is 9.15. The van der Waals surface area contributed by atoms with E-state index in [1.54, 1.807) is 17.0 Å². The highest BCUT2D eigenvalue weighted by Gasteiger charge is 2.31. The molecule has 1 saturated carbocycles. The second-order valence-electron chi connectivity index (χ2n) is 7.64. The summed E-state index contributed by atoms with van der Waals surface area (Å²) in [5, 5.41) is 2.93. The lowest BCUT2D eigenvalue weighted by Gasteiger charge is -2.30. The molecule has 2 aliphatic rings. The number of amides is 2. The summed E-state index contributed by atoms with van der Waals surface area (Å²) in [6.07, 6.45) is 8.95. The van der Waals surface area contributed by atoms with E-state index >= 15 is 0 Å². The zero-order valence-corrected chi connectivity index (χ0v) is 15.4. The molecule has 0 bridgehead atoms. The molecule has 1 aromatic rings. The molecule has 2 fully saturated rings. The van der Waals surface area contributed by atoms with Gasteiger partial charge in [-0.3, -0.25) is 9.59 Å². The predicted molar refractivity (Wildman–Crippen MR) is 98.8 cm³/mol. The first-order valence-electron chi connectivity index (χ1n) is 9.95. The monoisotopic (exact) mass is 360 g/mol. The SMILES string of the molecule is O=C1NCCCCC1N(Cc1ccc(F)cc1)C(=O)CCC1CCCC1. The van der Waals surface area contributed by atoms with Crippen LogP contribution in [0.5, 0.6) is 0 Å². The van der Waals surface area contributed by atoms with Crippen LogP contribution in [0.25, 0.3) is 0 Å². The highest BCUT2D eigenvalue weighted by molar-refractivity contribution is 5.87. The third-order valence-electron chi connectivity index (χ3n) is 5.71. The lowest BCUT2D eigenvalue weighted by atomic mass is 10.00. The molecule has 0 radical (unpaired) electrons. The van der Waals surface area contributed by atoms with Crippen molar-refractivity contribution < 1.29 is 14.0 Å². The van der Waals surface area contributed by atoms with Crippen molar-refractivity contribution in [1.29, 1.82) is 0 Å². The number of benzene rings is 1. The van der Waals surface area contributed by atoms with Crippen LogP contribution in [0.15, 0.2) is 24.3 Å². The number of nitrogens with zero attached hydrogens (tertiary/aromatic N) is 1. The number of nitrogens with one attached hydrogen (secondary N) is 1. The standard InChI is InChI=1S/C21H29FN2O2/c22-18-11-8-17(9-12-18)15-24(19-7-3-4-14-23-21(19)26)20(25)13-10-16-5-1-2-6-16/h8-9,11-12,16,19H,1-7,10,13-15H2,(H,23,26). The van der Waals surface area contributed by atoms with Crippen LogP contribution in [0, 0.1) is 11.7 Å². The van der Waals surface area contributed by atoms with Crippen LogP contribution in [0.4, 0.5) is 4.39 Å². The Hall–Kier alpha value is -1.91. The fourth-order valence-electron chi connectivity index (χ4n) is 4.15. The van der Waals surface area contributed by atoms with Crippen molar-refractivity contribution in [3.05, 3.63) is 35.6 Å². The topological polar surface area (TPSA) is 49.4 Å². The molecule has 142 valence electrons. The van der Waals surface area contributed by atoms with Gasteiger partial charge in [0.25, 0.3) is 0 Å². The van der Waals surface area contributed by atoms with Crippen molar-refractivity contribution in [2.75, 3.05) is 6.54 Å². The molecule has 4 nitrogen and oxygen atoms in total. The molecule has 1 aliphatic heterocycles. The van der Waals surface area contributed by atoms with E-state index in [0.29, 0.717) is 31.8 Å². The molecule has 2 amide bonds. The summed E-state index contributed by atoms with van der Waals surface area (Å²) in [5.74, 6) is 0.344. The maximum absolute atomic E-state index is 13.2. The van der Waals surface area contributed by atoms with Gasteiger partial charge >= 0.3 is 0 Å². The first-order chi connectivity index (χ1) is 12.6. The highest BCUT2D eigenvalue weighted by Crippen LogP contribution is 2.29. The number of carbonyl (C=O) groups excluding carboxylic acids is 2. The van der Waals surface area contributed by atoms with Crippen molar-refractivity contribution in [3.8, 4) is 0 Å². The number of carbonyl (C=O) groups is 2. The van der Waals surface area contributed by atoms with Crippen LogP contribution >= 0.6 is 0 Å². The Morgan fingerprint density at radius 3 is 2.50 bits per heavy atom. The van der Waals surface area contributed by atoms with Gasteiger partial charge in [0.15, 0.2) is 0 Å². The highest BCUT2D eigenvalue weighted by atomic mass is 19.1. The molecule has 0 aromatic heterocycles. The van der Waals surface area contributed by atoms with Gasteiger partial charge in [0.1, 0.15) is 11.9 Å². The van der Waals surface area contributed by atoms with Crippen molar-refractivity contribution in [3.63, 3.8) is 0 Å². The zero-order chi connectivity index (χ0) is 18.4. The van der Waals surface area contributed by atoms with Crippen LogP contribution in [0.3, 0.4) is 0 Å². The fraction of sp³-hybridized carbons (Fsp3) is 0.619. The van der Waals surface area contributed by atoms with Crippen LogP contribution in [0.2, 0.25) is 0 Å². The van der Waals surface area contributed by atoms with E-state index in [1.807, 2.05) is 0 Å². The van der Waals surface area contributed by atoms with Crippen molar-refractivity contribution >= 4 is 11.8 Å². The Morgan fingerprint density at radius 2 is 1.77 bits per heavy atom. The summed E-state index contributed by atoms with van der Waals surface area (Å²) in [4.78, 5) is 27.2. The molecule has 3 rings (SSSR count). The van der Waals surface area contributed by atoms with Gasteiger partial charge in [-0.2, -0.15) is 0 Å². The van der Waals surface area contributed by atoms with Gasteiger partial charge in [-0.25, -0.2) is 4.39 Å². The van der Waals surface area contributed by atoms with Gasteiger partial charge in [0, 0.05) is 19.5 Å². The third-order valence-corrected chi connectivity index (χ3v) is 5.71. The van der Waals surface area contributed by atoms with E-state index in [0.717, 1.165) is 24.8 Å². The molecule has 1 saturated heterocycles. The lowest BCUT2D eigenvalue weighted by molar-refractivity contribution is -0.141. The van der Waals surface area contributed by atoms with E-state index in [-0.39, 0.29) is 17.6 Å². The summed E-state index contributed by atoms with van der Waals surface area (Å²) in [6, 6.07) is 5.79. The second-order valence-corrected chi connectivity index (χ2v) is 7.64. The average Bonchev–Trinajstić information content (AvgIpc) is 3.07. The molecule has 1 aliphatic carbocycles. The molecule has 26 heavy (non-hydrogen) atoms. The Balaban J connectivity index is 1.71. The van der Waals surface area contributed by atoms with Gasteiger partial charge in [-0.05, 0) is 49.3 Å². The fourth-order valence-corrected chi connectivity index (χ4v) is 4.15. The summed E-state index contributed by atoms with van der Waals surface area (Å²) < 4.78 is 13.2. The Kier molecular flexibility index (Phi) is 6.64. The maximum atomic E-state index is 13.2. The van der Waals surface area contributed by atoms with Crippen molar-refractivity contribution in [2.45, 2.75) is 70.4 Å². The third kappa shape index (κ3) is 5.05. The van der Waals surface area contributed by atoms with Gasteiger partial charge in [-0.1, -0.05) is 37.8 Å². The molecule has 0 spiro atoms. The molecule has 1 unspecified atom stereocenters. The van der Waals surface area contributed by atoms with Crippen molar-refractivity contribution in [1.82, 2.24) is 10.2 Å². The number of hydrogen-bond acceptors (Lipinski definition) is 2. The summed E-state index contributed by atoms with van der Waals surface area (Å²) in [6.45, 7) is 1.04. The molecular formula is C21H29FN2O2. The largest absolute Gasteiger partial charge is 0.354 e. The normalized spacial score (nSPS) is 21.3. The average molecular weight is 360 g/mol. The quantitative estimate of drug-likeness (QED) is 0.839. The van der Waals surface area contributed by atoms with Crippen LogP contribution < -0.4 is 5.32 Å². The minimum Gasteiger partial charge on any atom is -0.354 e. The summed E-state index contributed by atoms with van der Waals surface area (Å²) in [5.41, 5.74) is 0.859. The van der Waals surface area contributed by atoms with E-state index in [9.17, 15) is 14.0 Å². The first kappa shape index (κ1) is 18.9. The molecular weight excluding hydrogens is 331 g/mol. The molecule has 5 heteroatoms. The van der Waals surface area contributed by atoms with E-state index in [2.05, 4.69) is 5.32 Å².